The molecule has 2 atom stereocenters. The summed E-state index contributed by atoms with van der Waals surface area (Å²) >= 11 is 0. The second-order valence-electron chi connectivity index (χ2n) is 6.58. The molecule has 0 saturated carbocycles. The Balaban J connectivity index is 2.30. The van der Waals surface area contributed by atoms with Crippen LogP contribution < -0.4 is 0 Å². The number of benzene rings is 2. The lowest BCUT2D eigenvalue weighted by Gasteiger charge is -2.53. The molecule has 0 N–H and O–H groups in total. The van der Waals surface area contributed by atoms with Crippen LogP contribution in [0.5, 0.6) is 0 Å². The standard InChI is InChI=1S/C19H16F7N/c20-18(21,22)16(14-8-3-1-4-9-14)12-7-13-17(27(16)26,19(23,24)25)15-10-5-2-6-11-15/h1-6,8-11H,7,12-13H2/t16-,17+. The fourth-order valence-corrected chi connectivity index (χ4v) is 3.90. The van der Waals surface area contributed by atoms with Crippen LogP contribution in [0.15, 0.2) is 60.7 Å². The van der Waals surface area contributed by atoms with Crippen LogP contribution in [0.2, 0.25) is 0 Å². The Bertz CT molecular complexity index is 707. The average Bonchev–Trinajstić information content (AvgIpc) is 2.61. The number of halogens is 7. The van der Waals surface area contributed by atoms with E-state index in [2.05, 4.69) is 0 Å². The molecule has 2 aromatic rings. The van der Waals surface area contributed by atoms with Crippen molar-refractivity contribution < 1.29 is 30.8 Å². The predicted molar refractivity (Wildman–Crippen MR) is 85.1 cm³/mol. The molecule has 2 aromatic carbocycles. The quantitative estimate of drug-likeness (QED) is 0.431. The Morgan fingerprint density at radius 2 is 0.963 bits per heavy atom. The van der Waals surface area contributed by atoms with Gasteiger partial charge in [-0.3, -0.25) is 0 Å². The number of nitrogens with zero attached hydrogens (tertiary/aromatic N) is 1. The summed E-state index contributed by atoms with van der Waals surface area (Å²) in [6.45, 7) is 0. The molecule has 0 aliphatic carbocycles. The molecule has 0 radical (unpaired) electrons. The van der Waals surface area contributed by atoms with Gasteiger partial charge in [-0.25, -0.2) is 0 Å². The number of alkyl halides is 6. The van der Waals surface area contributed by atoms with Gasteiger partial charge in [-0.1, -0.05) is 60.7 Å². The fourth-order valence-electron chi connectivity index (χ4n) is 3.90. The number of rotatable bonds is 2. The molecule has 146 valence electrons. The summed E-state index contributed by atoms with van der Waals surface area (Å²) in [5.41, 5.74) is -7.89. The molecular weight excluding hydrogens is 375 g/mol. The van der Waals surface area contributed by atoms with E-state index in [1.165, 1.54) is 36.4 Å². The molecule has 1 heterocycles. The minimum atomic E-state index is -5.26. The van der Waals surface area contributed by atoms with Crippen molar-refractivity contribution in [2.45, 2.75) is 42.7 Å². The highest BCUT2D eigenvalue weighted by molar-refractivity contribution is 5.34. The third-order valence-corrected chi connectivity index (χ3v) is 5.19. The summed E-state index contributed by atoms with van der Waals surface area (Å²) in [5.74, 6) is 0. The zero-order valence-corrected chi connectivity index (χ0v) is 14.0. The first kappa shape index (κ1) is 19.7. The van der Waals surface area contributed by atoms with Crippen molar-refractivity contribution >= 4 is 0 Å². The molecule has 0 amide bonds. The Morgan fingerprint density at radius 3 is 1.26 bits per heavy atom. The summed E-state index contributed by atoms with van der Waals surface area (Å²) < 4.78 is 100. The highest BCUT2D eigenvalue weighted by atomic mass is 19.4. The normalized spacial score (nSPS) is 27.5. The summed E-state index contributed by atoms with van der Waals surface area (Å²) in [4.78, 5) is 0. The second-order valence-corrected chi connectivity index (χ2v) is 6.58. The lowest BCUT2D eigenvalue weighted by atomic mass is 9.71. The van der Waals surface area contributed by atoms with Gasteiger partial charge in [0.2, 0.25) is 0 Å². The minimum absolute atomic E-state index is 0.441. The maximum Gasteiger partial charge on any atom is 0.413 e. The Kier molecular flexibility index (Phi) is 4.74. The first-order valence-corrected chi connectivity index (χ1v) is 8.28. The molecule has 1 nitrogen and oxygen atoms in total. The van der Waals surface area contributed by atoms with Gasteiger partial charge in [0.15, 0.2) is 11.1 Å². The number of hydrogen-bond donors (Lipinski definition) is 0. The van der Waals surface area contributed by atoms with E-state index in [-0.39, 0.29) is 0 Å². The molecule has 1 aliphatic heterocycles. The van der Waals surface area contributed by atoms with Gasteiger partial charge >= 0.3 is 12.4 Å². The topological polar surface area (TPSA) is 3.24 Å². The predicted octanol–water partition coefficient (Wildman–Crippen LogP) is 6.27. The van der Waals surface area contributed by atoms with Crippen molar-refractivity contribution in [1.82, 2.24) is 5.12 Å². The molecular formula is C19H16F7N. The Labute approximate surface area is 151 Å². The third-order valence-electron chi connectivity index (χ3n) is 5.19. The van der Waals surface area contributed by atoms with Gasteiger partial charge in [0.25, 0.3) is 0 Å². The Hall–Kier alpha value is -2.09. The van der Waals surface area contributed by atoms with Crippen LogP contribution >= 0.6 is 0 Å². The monoisotopic (exact) mass is 391 g/mol. The highest BCUT2D eigenvalue weighted by Crippen LogP contribution is 2.61. The van der Waals surface area contributed by atoms with Crippen molar-refractivity contribution in [2.24, 2.45) is 0 Å². The van der Waals surface area contributed by atoms with Crippen LogP contribution in [-0.4, -0.2) is 17.5 Å². The zero-order valence-electron chi connectivity index (χ0n) is 14.0. The molecule has 27 heavy (non-hydrogen) atoms. The third kappa shape index (κ3) is 2.81. The van der Waals surface area contributed by atoms with Gasteiger partial charge < -0.3 is 0 Å². The van der Waals surface area contributed by atoms with Crippen molar-refractivity contribution in [3.63, 3.8) is 0 Å². The lowest BCUT2D eigenvalue weighted by Crippen LogP contribution is -2.67. The SMILES string of the molecule is FN1[C@](c2ccccc2)(C(F)(F)F)CCC[C@]1(c1ccccc1)C(F)(F)F. The summed E-state index contributed by atoms with van der Waals surface area (Å²) in [7, 11) is 0. The summed E-state index contributed by atoms with van der Waals surface area (Å²) in [6, 6.07) is 11.9. The molecule has 0 bridgehead atoms. The zero-order chi connectivity index (χ0) is 19.9. The largest absolute Gasteiger partial charge is 0.413 e. The van der Waals surface area contributed by atoms with Gasteiger partial charge in [0, 0.05) is 0 Å². The van der Waals surface area contributed by atoms with Gasteiger partial charge in [0.05, 0.1) is 0 Å². The van der Waals surface area contributed by atoms with Gasteiger partial charge in [0.1, 0.15) is 0 Å². The van der Waals surface area contributed by atoms with Crippen molar-refractivity contribution in [3.8, 4) is 0 Å². The maximum atomic E-state index is 15.6. The van der Waals surface area contributed by atoms with Gasteiger partial charge in [-0.2, -0.15) is 26.3 Å². The van der Waals surface area contributed by atoms with Gasteiger partial charge in [-0.05, 0) is 30.4 Å². The van der Waals surface area contributed by atoms with Crippen LogP contribution in [0.1, 0.15) is 30.4 Å². The first-order valence-electron chi connectivity index (χ1n) is 8.28. The minimum Gasteiger partial charge on any atom is -0.168 e. The molecule has 0 unspecified atom stereocenters. The van der Waals surface area contributed by atoms with E-state index in [0.29, 0.717) is 0 Å². The van der Waals surface area contributed by atoms with Crippen LogP contribution in [0.3, 0.4) is 0 Å². The molecule has 8 heteroatoms. The Morgan fingerprint density at radius 1 is 0.630 bits per heavy atom. The number of piperidine rings is 1. The fraction of sp³-hybridized carbons (Fsp3) is 0.368. The summed E-state index contributed by atoms with van der Waals surface area (Å²) in [6.07, 6.45) is -12.6. The smallest absolute Gasteiger partial charge is 0.168 e. The van der Waals surface area contributed by atoms with Crippen LogP contribution in [0.4, 0.5) is 30.8 Å². The number of hydrogen-bond acceptors (Lipinski definition) is 1. The molecule has 3 rings (SSSR count). The maximum absolute atomic E-state index is 15.6. The average molecular weight is 391 g/mol. The second kappa shape index (κ2) is 6.51. The van der Waals surface area contributed by atoms with Gasteiger partial charge in [-0.15, -0.1) is 9.60 Å². The van der Waals surface area contributed by atoms with Crippen LogP contribution in [0, 0.1) is 0 Å². The van der Waals surface area contributed by atoms with Crippen LogP contribution in [-0.2, 0) is 11.1 Å². The first-order chi connectivity index (χ1) is 12.6. The van der Waals surface area contributed by atoms with E-state index in [1.807, 2.05) is 0 Å². The van der Waals surface area contributed by atoms with E-state index in [4.69, 9.17) is 0 Å². The lowest BCUT2D eigenvalue weighted by molar-refractivity contribution is -0.376. The van der Waals surface area contributed by atoms with E-state index < -0.39 is 58.9 Å². The van der Waals surface area contributed by atoms with E-state index >= 15 is 4.48 Å². The van der Waals surface area contributed by atoms with Crippen molar-refractivity contribution in [3.05, 3.63) is 71.8 Å². The van der Waals surface area contributed by atoms with Crippen LogP contribution in [0.25, 0.3) is 0 Å². The van der Waals surface area contributed by atoms with E-state index in [1.54, 1.807) is 0 Å². The highest BCUT2D eigenvalue weighted by Gasteiger charge is 2.73. The van der Waals surface area contributed by atoms with Crippen molar-refractivity contribution in [2.75, 3.05) is 0 Å². The molecule has 0 aromatic heterocycles. The molecule has 1 aliphatic rings. The van der Waals surface area contributed by atoms with Crippen molar-refractivity contribution in [1.29, 1.82) is 0 Å². The van der Waals surface area contributed by atoms with E-state index in [0.717, 1.165) is 24.3 Å². The summed E-state index contributed by atoms with van der Waals surface area (Å²) in [5, 5.41) is -0.992. The van der Waals surface area contributed by atoms with E-state index in [9.17, 15) is 26.3 Å². The molecule has 0 spiro atoms. The molecule has 1 saturated heterocycles. The molecule has 1 fully saturated rings.